The monoisotopic (exact) mass is 470 g/mol. The summed E-state index contributed by atoms with van der Waals surface area (Å²) in [6.07, 6.45) is -0.740. The third-order valence-corrected chi connectivity index (χ3v) is 7.35. The SMILES string of the molecule is Cc1cccc(-c2nnc(C(C)OC(=O)c3ccc4c(c3)SC3=NS(=O)(=O)CCN34)o2)c1. The van der Waals surface area contributed by atoms with Gasteiger partial charge in [-0.3, -0.25) is 0 Å². The number of esters is 1. The van der Waals surface area contributed by atoms with Crippen molar-refractivity contribution >= 4 is 38.6 Å². The number of carbonyl (C=O) groups is 1. The lowest BCUT2D eigenvalue weighted by molar-refractivity contribution is 0.0279. The minimum atomic E-state index is -3.44. The Morgan fingerprint density at radius 1 is 1.22 bits per heavy atom. The molecule has 1 unspecified atom stereocenters. The van der Waals surface area contributed by atoms with E-state index in [9.17, 15) is 13.2 Å². The van der Waals surface area contributed by atoms with E-state index >= 15 is 0 Å². The number of nitrogens with zero attached hydrogens (tertiary/aromatic N) is 4. The molecule has 32 heavy (non-hydrogen) atoms. The molecule has 5 rings (SSSR count). The van der Waals surface area contributed by atoms with Crippen molar-refractivity contribution in [3.63, 3.8) is 0 Å². The molecule has 0 amide bonds. The number of amidine groups is 1. The third-order valence-electron chi connectivity index (χ3n) is 5.05. The molecule has 3 heterocycles. The van der Waals surface area contributed by atoms with E-state index in [1.165, 1.54) is 11.8 Å². The Balaban J connectivity index is 1.31. The Morgan fingerprint density at radius 3 is 2.88 bits per heavy atom. The van der Waals surface area contributed by atoms with Gasteiger partial charge in [0, 0.05) is 17.0 Å². The standard InChI is InChI=1S/C21H18N4O5S2/c1-12-4-3-5-14(10-12)19-23-22-18(30-19)13(2)29-20(26)15-6-7-16-17(11-15)31-21-24-32(27,28)9-8-25(16)21/h3-7,10-11,13H,8-9H2,1-2H3. The van der Waals surface area contributed by atoms with Gasteiger partial charge in [-0.15, -0.1) is 14.6 Å². The second-order valence-electron chi connectivity index (χ2n) is 7.46. The Kier molecular flexibility index (Phi) is 5.01. The maximum atomic E-state index is 12.7. The number of aryl methyl sites for hydroxylation is 1. The fourth-order valence-electron chi connectivity index (χ4n) is 3.43. The minimum Gasteiger partial charge on any atom is -0.449 e. The number of hydrogen-bond donors (Lipinski definition) is 0. The van der Waals surface area contributed by atoms with Crippen LogP contribution in [0.5, 0.6) is 0 Å². The summed E-state index contributed by atoms with van der Waals surface area (Å²) < 4.78 is 38.6. The number of carbonyl (C=O) groups excluding carboxylic acids is 1. The summed E-state index contributed by atoms with van der Waals surface area (Å²) in [5, 5.41) is 8.46. The van der Waals surface area contributed by atoms with E-state index in [0.29, 0.717) is 23.2 Å². The highest BCUT2D eigenvalue weighted by molar-refractivity contribution is 8.15. The summed E-state index contributed by atoms with van der Waals surface area (Å²) in [5.74, 6) is -0.0300. The van der Waals surface area contributed by atoms with Gasteiger partial charge in [0.2, 0.25) is 5.89 Å². The van der Waals surface area contributed by atoms with Crippen LogP contribution >= 0.6 is 11.8 Å². The van der Waals surface area contributed by atoms with Crippen LogP contribution in [0.1, 0.15) is 34.8 Å². The largest absolute Gasteiger partial charge is 0.449 e. The summed E-state index contributed by atoms with van der Waals surface area (Å²) in [6, 6.07) is 12.8. The van der Waals surface area contributed by atoms with Crippen molar-refractivity contribution < 1.29 is 22.4 Å². The first kappa shape index (κ1) is 20.7. The zero-order valence-electron chi connectivity index (χ0n) is 17.2. The highest BCUT2D eigenvalue weighted by atomic mass is 32.2. The molecule has 164 valence electrons. The average molecular weight is 471 g/mol. The molecule has 9 nitrogen and oxygen atoms in total. The molecule has 1 aromatic heterocycles. The van der Waals surface area contributed by atoms with Crippen LogP contribution < -0.4 is 4.90 Å². The first-order chi connectivity index (χ1) is 15.3. The number of hydrogen-bond acceptors (Lipinski definition) is 9. The Labute approximate surface area is 188 Å². The maximum absolute atomic E-state index is 12.7. The van der Waals surface area contributed by atoms with Crippen LogP contribution in [0.4, 0.5) is 5.69 Å². The normalized spacial score (nSPS) is 17.3. The van der Waals surface area contributed by atoms with Crippen LogP contribution in [0, 0.1) is 6.92 Å². The van der Waals surface area contributed by atoms with E-state index in [-0.39, 0.29) is 11.6 Å². The summed E-state index contributed by atoms with van der Waals surface area (Å²) >= 11 is 1.22. The van der Waals surface area contributed by atoms with Gasteiger partial charge < -0.3 is 14.1 Å². The second kappa shape index (κ2) is 7.75. The highest BCUT2D eigenvalue weighted by Crippen LogP contribution is 2.42. The van der Waals surface area contributed by atoms with E-state index in [0.717, 1.165) is 21.7 Å². The number of sulfonamides is 1. The quantitative estimate of drug-likeness (QED) is 0.528. The summed E-state index contributed by atoms with van der Waals surface area (Å²) in [4.78, 5) is 15.3. The van der Waals surface area contributed by atoms with Gasteiger partial charge in [0.05, 0.1) is 17.0 Å². The lowest BCUT2D eigenvalue weighted by atomic mass is 10.1. The number of rotatable bonds is 4. The van der Waals surface area contributed by atoms with Gasteiger partial charge in [-0.2, -0.15) is 0 Å². The summed E-state index contributed by atoms with van der Waals surface area (Å²) in [5.41, 5.74) is 3.02. The van der Waals surface area contributed by atoms with Gasteiger partial charge in [-0.25, -0.2) is 13.2 Å². The predicted molar refractivity (Wildman–Crippen MR) is 119 cm³/mol. The van der Waals surface area contributed by atoms with Crippen LogP contribution in [-0.2, 0) is 14.8 Å². The van der Waals surface area contributed by atoms with Crippen molar-refractivity contribution in [1.29, 1.82) is 0 Å². The second-order valence-corrected chi connectivity index (χ2v) is 10.2. The smallest absolute Gasteiger partial charge is 0.338 e. The van der Waals surface area contributed by atoms with E-state index < -0.39 is 22.1 Å². The first-order valence-corrected chi connectivity index (χ1v) is 12.3. The molecule has 11 heteroatoms. The molecule has 0 N–H and O–H groups in total. The topological polar surface area (TPSA) is 115 Å². The lowest BCUT2D eigenvalue weighted by Crippen LogP contribution is -2.35. The molecule has 3 aromatic rings. The van der Waals surface area contributed by atoms with Gasteiger partial charge in [-0.05, 0) is 55.9 Å². The van der Waals surface area contributed by atoms with Crippen molar-refractivity contribution in [3.8, 4) is 11.5 Å². The predicted octanol–water partition coefficient (Wildman–Crippen LogP) is 3.57. The number of thioether (sulfide) groups is 1. The van der Waals surface area contributed by atoms with Gasteiger partial charge in [0.25, 0.3) is 15.9 Å². The maximum Gasteiger partial charge on any atom is 0.338 e. The molecule has 2 aliphatic rings. The molecular weight excluding hydrogens is 452 g/mol. The molecule has 0 saturated heterocycles. The van der Waals surface area contributed by atoms with Gasteiger partial charge in [0.15, 0.2) is 11.3 Å². The van der Waals surface area contributed by atoms with E-state index in [2.05, 4.69) is 14.6 Å². The number of ether oxygens (including phenoxy) is 1. The summed E-state index contributed by atoms with van der Waals surface area (Å²) in [7, 11) is -3.44. The lowest BCUT2D eigenvalue weighted by Gasteiger charge is -2.22. The molecule has 0 fully saturated rings. The molecule has 0 bridgehead atoms. The van der Waals surface area contributed by atoms with Crippen molar-refractivity contribution in [2.24, 2.45) is 4.40 Å². The molecule has 0 aliphatic carbocycles. The number of benzene rings is 2. The van der Waals surface area contributed by atoms with Crippen LogP contribution in [0.2, 0.25) is 0 Å². The van der Waals surface area contributed by atoms with Gasteiger partial charge in [-0.1, -0.05) is 17.7 Å². The molecular formula is C21H18N4O5S2. The highest BCUT2D eigenvalue weighted by Gasteiger charge is 2.33. The van der Waals surface area contributed by atoms with Gasteiger partial charge >= 0.3 is 5.97 Å². The average Bonchev–Trinajstić information content (AvgIpc) is 3.37. The zero-order chi connectivity index (χ0) is 22.5. The first-order valence-electron chi connectivity index (χ1n) is 9.82. The van der Waals surface area contributed by atoms with Crippen molar-refractivity contribution in [1.82, 2.24) is 10.2 Å². The van der Waals surface area contributed by atoms with Crippen LogP contribution in [0.25, 0.3) is 11.5 Å². The fraction of sp³-hybridized carbons (Fsp3) is 0.238. The van der Waals surface area contributed by atoms with E-state index in [4.69, 9.17) is 9.15 Å². The number of aromatic nitrogens is 2. The Bertz CT molecular complexity index is 1370. The molecule has 0 spiro atoms. The summed E-state index contributed by atoms with van der Waals surface area (Å²) in [6.45, 7) is 3.97. The molecule has 2 aromatic carbocycles. The van der Waals surface area contributed by atoms with Crippen LogP contribution in [0.3, 0.4) is 0 Å². The minimum absolute atomic E-state index is 0.0352. The number of anilines is 1. The molecule has 2 aliphatic heterocycles. The third kappa shape index (κ3) is 3.89. The molecule has 0 radical (unpaired) electrons. The molecule has 1 atom stereocenters. The van der Waals surface area contributed by atoms with E-state index in [1.807, 2.05) is 36.1 Å². The van der Waals surface area contributed by atoms with Crippen molar-refractivity contribution in [2.75, 3.05) is 17.2 Å². The van der Waals surface area contributed by atoms with Gasteiger partial charge in [0.1, 0.15) is 0 Å². The zero-order valence-corrected chi connectivity index (χ0v) is 18.8. The van der Waals surface area contributed by atoms with Crippen molar-refractivity contribution in [2.45, 2.75) is 24.8 Å². The van der Waals surface area contributed by atoms with Crippen LogP contribution in [-0.4, -0.2) is 42.0 Å². The Hall–Kier alpha value is -3.18. The Morgan fingerprint density at radius 2 is 2.06 bits per heavy atom. The molecule has 0 saturated carbocycles. The van der Waals surface area contributed by atoms with Crippen LogP contribution in [0.15, 0.2) is 56.2 Å². The van der Waals surface area contributed by atoms with Crippen molar-refractivity contribution in [3.05, 3.63) is 59.5 Å². The fourth-order valence-corrected chi connectivity index (χ4v) is 5.73. The number of fused-ring (bicyclic) bond motifs is 3. The van der Waals surface area contributed by atoms with E-state index in [1.54, 1.807) is 25.1 Å².